The van der Waals surface area contributed by atoms with Crippen molar-refractivity contribution in [3.05, 3.63) is 21.9 Å². The molecule has 1 atom stereocenters. The molecule has 1 aliphatic heterocycles. The predicted octanol–water partition coefficient (Wildman–Crippen LogP) is 2.29. The Morgan fingerprint density at radius 1 is 1.47 bits per heavy atom. The van der Waals surface area contributed by atoms with Gasteiger partial charge in [0.1, 0.15) is 0 Å². The molecule has 2 rings (SSSR count). The Kier molecular flexibility index (Phi) is 5.66. The van der Waals surface area contributed by atoms with Crippen molar-refractivity contribution in [2.24, 2.45) is 4.99 Å². The molecule has 1 aromatic rings. The molecule has 0 aromatic carbocycles. The average Bonchev–Trinajstić information content (AvgIpc) is 3.04. The summed E-state index contributed by atoms with van der Waals surface area (Å²) in [5.74, 6) is 0.879. The van der Waals surface area contributed by atoms with Crippen LogP contribution in [0.4, 0.5) is 0 Å². The van der Waals surface area contributed by atoms with Gasteiger partial charge in [-0.05, 0) is 38.8 Å². The van der Waals surface area contributed by atoms with E-state index >= 15 is 0 Å². The highest BCUT2D eigenvalue weighted by molar-refractivity contribution is 7.11. The highest BCUT2D eigenvalue weighted by atomic mass is 32.1. The lowest BCUT2D eigenvalue weighted by Crippen LogP contribution is -2.41. The van der Waals surface area contributed by atoms with Crippen LogP contribution >= 0.6 is 11.3 Å². The molecule has 5 heteroatoms. The highest BCUT2D eigenvalue weighted by Gasteiger charge is 2.15. The molecule has 2 N–H and O–H groups in total. The number of aliphatic imine (C=N–C) groups is 1. The van der Waals surface area contributed by atoms with Gasteiger partial charge in [0, 0.05) is 29.5 Å². The van der Waals surface area contributed by atoms with E-state index in [4.69, 9.17) is 4.74 Å². The minimum absolute atomic E-state index is 0.341. The van der Waals surface area contributed by atoms with Crippen molar-refractivity contribution >= 4 is 17.3 Å². The molecular weight excluding hydrogens is 258 g/mol. The monoisotopic (exact) mass is 281 g/mol. The first kappa shape index (κ1) is 14.3. The van der Waals surface area contributed by atoms with Crippen LogP contribution in [-0.2, 0) is 11.3 Å². The minimum atomic E-state index is 0.341. The second-order valence-electron chi connectivity index (χ2n) is 4.72. The molecule has 0 saturated carbocycles. The number of thiophene rings is 1. The number of hydrogen-bond acceptors (Lipinski definition) is 3. The van der Waals surface area contributed by atoms with Crippen LogP contribution in [0.25, 0.3) is 0 Å². The number of hydrogen-bond donors (Lipinski definition) is 2. The molecule has 2 heterocycles. The normalized spacial score (nSPS) is 19.7. The summed E-state index contributed by atoms with van der Waals surface area (Å²) in [4.78, 5) is 7.24. The van der Waals surface area contributed by atoms with Gasteiger partial charge in [-0.2, -0.15) is 0 Å². The van der Waals surface area contributed by atoms with Crippen LogP contribution in [0.5, 0.6) is 0 Å². The van der Waals surface area contributed by atoms with Crippen LogP contribution in [0, 0.1) is 6.92 Å². The third-order valence-electron chi connectivity index (χ3n) is 3.05. The molecule has 0 spiro atoms. The number of nitrogens with one attached hydrogen (secondary N) is 2. The third kappa shape index (κ3) is 4.84. The van der Waals surface area contributed by atoms with Crippen molar-refractivity contribution in [2.75, 3.05) is 19.7 Å². The lowest BCUT2D eigenvalue weighted by atomic mass is 10.2. The maximum Gasteiger partial charge on any atom is 0.191 e. The van der Waals surface area contributed by atoms with E-state index in [1.807, 2.05) is 0 Å². The SMILES string of the molecule is CCNC(=NCc1ccc(C)s1)NCC1CCCO1. The summed E-state index contributed by atoms with van der Waals surface area (Å²) in [5, 5.41) is 6.63. The lowest BCUT2D eigenvalue weighted by molar-refractivity contribution is 0.114. The van der Waals surface area contributed by atoms with Crippen LogP contribution in [0.3, 0.4) is 0 Å². The van der Waals surface area contributed by atoms with E-state index < -0.39 is 0 Å². The van der Waals surface area contributed by atoms with Crippen LogP contribution in [0.1, 0.15) is 29.5 Å². The number of nitrogens with zero attached hydrogens (tertiary/aromatic N) is 1. The Balaban J connectivity index is 1.83. The molecule has 106 valence electrons. The molecule has 19 heavy (non-hydrogen) atoms. The first-order chi connectivity index (χ1) is 9.28. The summed E-state index contributed by atoms with van der Waals surface area (Å²) in [6, 6.07) is 4.29. The Bertz CT molecular complexity index is 411. The molecule has 1 fully saturated rings. The standard InChI is InChI=1S/C14H23N3OS/c1-3-15-14(16-9-12-5-4-8-18-12)17-10-13-7-6-11(2)19-13/h6-7,12H,3-5,8-10H2,1-2H3,(H2,15,16,17). The zero-order valence-electron chi connectivity index (χ0n) is 11.7. The van der Waals surface area contributed by atoms with Gasteiger partial charge in [0.15, 0.2) is 5.96 Å². The molecule has 4 nitrogen and oxygen atoms in total. The van der Waals surface area contributed by atoms with E-state index in [0.717, 1.165) is 38.6 Å². The predicted molar refractivity (Wildman–Crippen MR) is 80.8 cm³/mol. The minimum Gasteiger partial charge on any atom is -0.376 e. The summed E-state index contributed by atoms with van der Waals surface area (Å²) >= 11 is 1.80. The van der Waals surface area contributed by atoms with E-state index in [2.05, 4.69) is 41.6 Å². The van der Waals surface area contributed by atoms with Gasteiger partial charge in [-0.1, -0.05) is 0 Å². The smallest absolute Gasteiger partial charge is 0.191 e. The molecule has 1 saturated heterocycles. The van der Waals surface area contributed by atoms with E-state index in [1.54, 1.807) is 11.3 Å². The fourth-order valence-corrected chi connectivity index (χ4v) is 2.90. The van der Waals surface area contributed by atoms with Crippen LogP contribution < -0.4 is 10.6 Å². The molecule has 1 aliphatic rings. The Hall–Kier alpha value is -1.07. The molecule has 0 aliphatic carbocycles. The van der Waals surface area contributed by atoms with Crippen LogP contribution in [0.15, 0.2) is 17.1 Å². The molecule has 1 aromatic heterocycles. The number of aryl methyl sites for hydroxylation is 1. The van der Waals surface area contributed by atoms with Gasteiger partial charge >= 0.3 is 0 Å². The van der Waals surface area contributed by atoms with E-state index in [1.165, 1.54) is 16.2 Å². The second-order valence-corrected chi connectivity index (χ2v) is 6.10. The summed E-state index contributed by atoms with van der Waals surface area (Å²) in [5.41, 5.74) is 0. The first-order valence-corrected chi connectivity index (χ1v) is 7.78. The fraction of sp³-hybridized carbons (Fsp3) is 0.643. The van der Waals surface area contributed by atoms with Crippen molar-refractivity contribution in [1.82, 2.24) is 10.6 Å². The van der Waals surface area contributed by atoms with E-state index in [0.29, 0.717) is 6.10 Å². The van der Waals surface area contributed by atoms with Crippen molar-refractivity contribution in [2.45, 2.75) is 39.3 Å². The Labute approximate surface area is 119 Å². The van der Waals surface area contributed by atoms with Gasteiger partial charge in [-0.25, -0.2) is 4.99 Å². The average molecular weight is 281 g/mol. The maximum atomic E-state index is 5.60. The fourth-order valence-electron chi connectivity index (χ4n) is 2.08. The van der Waals surface area contributed by atoms with Crippen LogP contribution in [-0.4, -0.2) is 31.8 Å². The van der Waals surface area contributed by atoms with Gasteiger partial charge in [-0.15, -0.1) is 11.3 Å². The summed E-state index contributed by atoms with van der Waals surface area (Å²) in [7, 11) is 0. The van der Waals surface area contributed by atoms with Gasteiger partial charge in [-0.3, -0.25) is 0 Å². The number of guanidine groups is 1. The van der Waals surface area contributed by atoms with Crippen molar-refractivity contribution in [3.63, 3.8) is 0 Å². The van der Waals surface area contributed by atoms with Gasteiger partial charge in [0.05, 0.1) is 12.6 Å². The number of ether oxygens (including phenoxy) is 1. The van der Waals surface area contributed by atoms with E-state index in [9.17, 15) is 0 Å². The van der Waals surface area contributed by atoms with Gasteiger partial charge in [0.2, 0.25) is 0 Å². The Morgan fingerprint density at radius 2 is 2.37 bits per heavy atom. The second kappa shape index (κ2) is 7.50. The zero-order chi connectivity index (χ0) is 13.5. The van der Waals surface area contributed by atoms with Gasteiger partial charge in [0.25, 0.3) is 0 Å². The molecule has 0 radical (unpaired) electrons. The molecule has 0 amide bonds. The van der Waals surface area contributed by atoms with Crippen molar-refractivity contribution in [3.8, 4) is 0 Å². The maximum absolute atomic E-state index is 5.60. The topological polar surface area (TPSA) is 45.7 Å². The molecular formula is C14H23N3OS. The van der Waals surface area contributed by atoms with E-state index in [-0.39, 0.29) is 0 Å². The third-order valence-corrected chi connectivity index (χ3v) is 4.04. The van der Waals surface area contributed by atoms with Crippen LogP contribution in [0.2, 0.25) is 0 Å². The summed E-state index contributed by atoms with van der Waals surface area (Å²) in [6.45, 7) is 7.56. The van der Waals surface area contributed by atoms with Crippen molar-refractivity contribution < 1.29 is 4.74 Å². The molecule has 0 bridgehead atoms. The first-order valence-electron chi connectivity index (χ1n) is 6.97. The number of rotatable bonds is 5. The summed E-state index contributed by atoms with van der Waals surface area (Å²) < 4.78 is 5.60. The van der Waals surface area contributed by atoms with Crippen molar-refractivity contribution in [1.29, 1.82) is 0 Å². The lowest BCUT2D eigenvalue weighted by Gasteiger charge is -2.14. The highest BCUT2D eigenvalue weighted by Crippen LogP contribution is 2.15. The van der Waals surface area contributed by atoms with Gasteiger partial charge < -0.3 is 15.4 Å². The zero-order valence-corrected chi connectivity index (χ0v) is 12.6. The summed E-state index contributed by atoms with van der Waals surface area (Å²) in [6.07, 6.45) is 2.67. The molecule has 1 unspecified atom stereocenters. The largest absolute Gasteiger partial charge is 0.376 e. The Morgan fingerprint density at radius 3 is 3.00 bits per heavy atom. The quantitative estimate of drug-likeness (QED) is 0.643.